The SMILES string of the molecule is CC1CN(c2nc3ccccc3nc2N)CC(CO)O1. The van der Waals surface area contributed by atoms with Gasteiger partial charge in [0.2, 0.25) is 0 Å². The zero-order chi connectivity index (χ0) is 14.1. The monoisotopic (exact) mass is 274 g/mol. The summed E-state index contributed by atoms with van der Waals surface area (Å²) in [5.74, 6) is 1.08. The van der Waals surface area contributed by atoms with Crippen molar-refractivity contribution in [3.8, 4) is 0 Å². The molecule has 2 heterocycles. The molecule has 6 heteroatoms. The number of fused-ring (bicyclic) bond motifs is 1. The Labute approximate surface area is 117 Å². The van der Waals surface area contributed by atoms with E-state index in [1.54, 1.807) is 0 Å². The predicted molar refractivity (Wildman–Crippen MR) is 77.6 cm³/mol. The normalized spacial score (nSPS) is 23.2. The molecule has 0 spiro atoms. The van der Waals surface area contributed by atoms with Crippen molar-refractivity contribution in [2.75, 3.05) is 30.3 Å². The Kier molecular flexibility index (Phi) is 3.42. The maximum Gasteiger partial charge on any atom is 0.172 e. The summed E-state index contributed by atoms with van der Waals surface area (Å²) in [6, 6.07) is 7.64. The lowest BCUT2D eigenvalue weighted by molar-refractivity contribution is -0.0422. The number of benzene rings is 1. The van der Waals surface area contributed by atoms with Gasteiger partial charge in [0.1, 0.15) is 0 Å². The van der Waals surface area contributed by atoms with Crippen LogP contribution in [-0.4, -0.2) is 47.0 Å². The van der Waals surface area contributed by atoms with E-state index in [0.717, 1.165) is 11.0 Å². The average molecular weight is 274 g/mol. The van der Waals surface area contributed by atoms with Crippen LogP contribution in [0.3, 0.4) is 0 Å². The molecule has 0 aliphatic carbocycles. The fourth-order valence-electron chi connectivity index (χ4n) is 2.56. The molecule has 1 fully saturated rings. The van der Waals surface area contributed by atoms with E-state index in [2.05, 4.69) is 9.97 Å². The molecule has 0 bridgehead atoms. The molecule has 2 aromatic rings. The number of aromatic nitrogens is 2. The molecule has 106 valence electrons. The van der Waals surface area contributed by atoms with E-state index >= 15 is 0 Å². The first kappa shape index (κ1) is 13.1. The summed E-state index contributed by atoms with van der Waals surface area (Å²) in [4.78, 5) is 11.0. The molecular weight excluding hydrogens is 256 g/mol. The van der Waals surface area contributed by atoms with Gasteiger partial charge in [-0.15, -0.1) is 0 Å². The highest BCUT2D eigenvalue weighted by molar-refractivity contribution is 5.79. The Balaban J connectivity index is 1.98. The Morgan fingerprint density at radius 2 is 2.00 bits per heavy atom. The number of morpholine rings is 1. The number of ether oxygens (including phenoxy) is 1. The first-order valence-electron chi connectivity index (χ1n) is 6.71. The molecule has 1 saturated heterocycles. The van der Waals surface area contributed by atoms with Crippen molar-refractivity contribution in [1.82, 2.24) is 9.97 Å². The van der Waals surface area contributed by atoms with Gasteiger partial charge < -0.3 is 20.5 Å². The molecule has 0 saturated carbocycles. The maximum absolute atomic E-state index is 9.30. The van der Waals surface area contributed by atoms with E-state index in [-0.39, 0.29) is 18.8 Å². The van der Waals surface area contributed by atoms with Gasteiger partial charge in [-0.1, -0.05) is 12.1 Å². The third-order valence-corrected chi connectivity index (χ3v) is 3.41. The van der Waals surface area contributed by atoms with Crippen LogP contribution in [-0.2, 0) is 4.74 Å². The van der Waals surface area contributed by atoms with Gasteiger partial charge in [-0.05, 0) is 19.1 Å². The number of aliphatic hydroxyl groups is 1. The van der Waals surface area contributed by atoms with Crippen molar-refractivity contribution in [3.63, 3.8) is 0 Å². The predicted octanol–water partition coefficient (Wildman–Crippen LogP) is 0.798. The van der Waals surface area contributed by atoms with Crippen LogP contribution in [0.15, 0.2) is 24.3 Å². The zero-order valence-corrected chi connectivity index (χ0v) is 11.4. The summed E-state index contributed by atoms with van der Waals surface area (Å²) in [6.45, 7) is 3.22. The lowest BCUT2D eigenvalue weighted by atomic mass is 10.2. The van der Waals surface area contributed by atoms with Gasteiger partial charge >= 0.3 is 0 Å². The van der Waals surface area contributed by atoms with Crippen LogP contribution in [0.25, 0.3) is 11.0 Å². The van der Waals surface area contributed by atoms with E-state index in [9.17, 15) is 5.11 Å². The van der Waals surface area contributed by atoms with Gasteiger partial charge in [0.05, 0.1) is 29.8 Å². The molecule has 1 aliphatic rings. The quantitative estimate of drug-likeness (QED) is 0.842. The van der Waals surface area contributed by atoms with Crippen LogP contribution in [0, 0.1) is 0 Å². The molecule has 0 radical (unpaired) electrons. The second kappa shape index (κ2) is 5.22. The van der Waals surface area contributed by atoms with Gasteiger partial charge in [0.15, 0.2) is 11.6 Å². The lowest BCUT2D eigenvalue weighted by Gasteiger charge is -2.37. The molecule has 1 aromatic heterocycles. The smallest absolute Gasteiger partial charge is 0.172 e. The number of hydrogen-bond donors (Lipinski definition) is 2. The highest BCUT2D eigenvalue weighted by Crippen LogP contribution is 2.25. The van der Waals surface area contributed by atoms with Crippen molar-refractivity contribution >= 4 is 22.7 Å². The Morgan fingerprint density at radius 1 is 1.30 bits per heavy atom. The van der Waals surface area contributed by atoms with Gasteiger partial charge in [0.25, 0.3) is 0 Å². The van der Waals surface area contributed by atoms with Crippen molar-refractivity contribution in [3.05, 3.63) is 24.3 Å². The van der Waals surface area contributed by atoms with Crippen LogP contribution >= 0.6 is 0 Å². The molecule has 1 aliphatic heterocycles. The average Bonchev–Trinajstić information content (AvgIpc) is 2.45. The minimum atomic E-state index is -0.216. The maximum atomic E-state index is 9.30. The van der Waals surface area contributed by atoms with E-state index in [0.29, 0.717) is 24.7 Å². The number of nitrogen functional groups attached to an aromatic ring is 1. The van der Waals surface area contributed by atoms with Crippen molar-refractivity contribution < 1.29 is 9.84 Å². The molecular formula is C14H18N4O2. The van der Waals surface area contributed by atoms with Crippen molar-refractivity contribution in [1.29, 1.82) is 0 Å². The largest absolute Gasteiger partial charge is 0.394 e. The minimum absolute atomic E-state index is 0.0121. The fraction of sp³-hybridized carbons (Fsp3) is 0.429. The van der Waals surface area contributed by atoms with Crippen LogP contribution in [0.4, 0.5) is 11.6 Å². The Bertz CT molecular complexity index is 619. The molecule has 3 rings (SSSR count). The summed E-state index contributed by atoms with van der Waals surface area (Å²) in [7, 11) is 0. The van der Waals surface area contributed by atoms with Gasteiger partial charge in [-0.25, -0.2) is 9.97 Å². The molecule has 6 nitrogen and oxygen atoms in total. The highest BCUT2D eigenvalue weighted by Gasteiger charge is 2.27. The highest BCUT2D eigenvalue weighted by atomic mass is 16.5. The van der Waals surface area contributed by atoms with Gasteiger partial charge in [0, 0.05) is 13.1 Å². The Morgan fingerprint density at radius 3 is 2.70 bits per heavy atom. The van der Waals surface area contributed by atoms with Crippen molar-refractivity contribution in [2.45, 2.75) is 19.1 Å². The Hall–Kier alpha value is -1.92. The summed E-state index contributed by atoms with van der Waals surface area (Å²) < 4.78 is 5.63. The van der Waals surface area contributed by atoms with Crippen LogP contribution in [0.2, 0.25) is 0 Å². The molecule has 1 aromatic carbocycles. The van der Waals surface area contributed by atoms with E-state index in [1.165, 1.54) is 0 Å². The third-order valence-electron chi connectivity index (χ3n) is 3.41. The van der Waals surface area contributed by atoms with Crippen molar-refractivity contribution in [2.24, 2.45) is 0 Å². The summed E-state index contributed by atoms with van der Waals surface area (Å²) in [5.41, 5.74) is 7.63. The summed E-state index contributed by atoms with van der Waals surface area (Å²) in [5, 5.41) is 9.30. The molecule has 2 unspecified atom stereocenters. The first-order valence-corrected chi connectivity index (χ1v) is 6.71. The number of rotatable bonds is 2. The first-order chi connectivity index (χ1) is 9.67. The number of nitrogens with two attached hydrogens (primary N) is 1. The number of aliphatic hydroxyl groups excluding tert-OH is 1. The fourth-order valence-corrected chi connectivity index (χ4v) is 2.56. The van der Waals surface area contributed by atoms with Crippen LogP contribution in [0.5, 0.6) is 0 Å². The molecule has 2 atom stereocenters. The second-order valence-corrected chi connectivity index (χ2v) is 5.08. The number of para-hydroxylation sites is 2. The van der Waals surface area contributed by atoms with E-state index in [1.807, 2.05) is 36.1 Å². The van der Waals surface area contributed by atoms with Crippen LogP contribution < -0.4 is 10.6 Å². The molecule has 3 N–H and O–H groups in total. The summed E-state index contributed by atoms with van der Waals surface area (Å²) in [6.07, 6.45) is -0.194. The number of nitrogens with zero attached hydrogens (tertiary/aromatic N) is 3. The molecule has 20 heavy (non-hydrogen) atoms. The standard InChI is InChI=1S/C14H18N4O2/c1-9-6-18(7-10(8-19)20-9)14-13(15)16-11-4-2-3-5-12(11)17-14/h2-5,9-10,19H,6-8H2,1H3,(H2,15,16). The van der Waals surface area contributed by atoms with E-state index < -0.39 is 0 Å². The number of anilines is 2. The molecule has 0 amide bonds. The van der Waals surface area contributed by atoms with Gasteiger partial charge in [-0.2, -0.15) is 0 Å². The van der Waals surface area contributed by atoms with Crippen LogP contribution in [0.1, 0.15) is 6.92 Å². The third kappa shape index (κ3) is 2.39. The zero-order valence-electron chi connectivity index (χ0n) is 11.4. The topological polar surface area (TPSA) is 84.5 Å². The minimum Gasteiger partial charge on any atom is -0.394 e. The van der Waals surface area contributed by atoms with Gasteiger partial charge in [-0.3, -0.25) is 0 Å². The van der Waals surface area contributed by atoms with E-state index in [4.69, 9.17) is 10.5 Å². The summed E-state index contributed by atoms with van der Waals surface area (Å²) >= 11 is 0. The second-order valence-electron chi connectivity index (χ2n) is 5.08. The number of hydrogen-bond acceptors (Lipinski definition) is 6. The lowest BCUT2D eigenvalue weighted by Crippen LogP contribution is -2.48.